The van der Waals surface area contributed by atoms with Gasteiger partial charge in [0.2, 0.25) is 0 Å². The van der Waals surface area contributed by atoms with E-state index in [0.29, 0.717) is 24.8 Å². The van der Waals surface area contributed by atoms with Crippen LogP contribution in [0.3, 0.4) is 0 Å². The Morgan fingerprint density at radius 3 is 2.79 bits per heavy atom. The van der Waals surface area contributed by atoms with Crippen molar-refractivity contribution in [2.75, 3.05) is 29.9 Å². The number of halogens is 1. The molecule has 0 radical (unpaired) electrons. The van der Waals surface area contributed by atoms with E-state index in [2.05, 4.69) is 30.2 Å². The summed E-state index contributed by atoms with van der Waals surface area (Å²) in [6.07, 6.45) is 0.993. The highest BCUT2D eigenvalue weighted by Crippen LogP contribution is 2.25. The highest BCUT2D eigenvalue weighted by atomic mass is 19.1. The Labute approximate surface area is 162 Å². The third-order valence-electron chi connectivity index (χ3n) is 4.43. The first-order valence-corrected chi connectivity index (χ1v) is 9.11. The molecule has 0 bridgehead atoms. The predicted octanol–water partition coefficient (Wildman–Crippen LogP) is 3.34. The van der Waals surface area contributed by atoms with Gasteiger partial charge in [0, 0.05) is 18.3 Å². The van der Waals surface area contributed by atoms with Gasteiger partial charge in [0.05, 0.1) is 25.0 Å². The molecular weight excluding hydrogens is 359 g/mol. The first kappa shape index (κ1) is 18.2. The van der Waals surface area contributed by atoms with Crippen LogP contribution in [0.1, 0.15) is 23.3 Å². The maximum Gasteiger partial charge on any atom is 0.141 e. The summed E-state index contributed by atoms with van der Waals surface area (Å²) in [5, 5.41) is 3.09. The van der Waals surface area contributed by atoms with Crippen LogP contribution in [-0.2, 0) is 4.74 Å². The van der Waals surface area contributed by atoms with Gasteiger partial charge in [0.25, 0.3) is 0 Å². The van der Waals surface area contributed by atoms with E-state index < -0.39 is 0 Å². The Morgan fingerprint density at radius 2 is 2.00 bits per heavy atom. The minimum atomic E-state index is -0.377. The number of aromatic nitrogens is 4. The van der Waals surface area contributed by atoms with E-state index in [1.165, 1.54) is 12.3 Å². The highest BCUT2D eigenvalue weighted by Gasteiger charge is 2.24. The first-order valence-electron chi connectivity index (χ1n) is 9.11. The van der Waals surface area contributed by atoms with Gasteiger partial charge in [-0.2, -0.15) is 0 Å². The largest absolute Gasteiger partial charge is 0.368 e. The maximum absolute atomic E-state index is 13.0. The van der Waals surface area contributed by atoms with Crippen LogP contribution in [0, 0.1) is 19.7 Å². The molecule has 0 saturated carbocycles. The van der Waals surface area contributed by atoms with E-state index >= 15 is 0 Å². The zero-order chi connectivity index (χ0) is 19.5. The number of hydrogen-bond donors (Lipinski definition) is 1. The fourth-order valence-electron chi connectivity index (χ4n) is 3.18. The monoisotopic (exact) mass is 380 g/mol. The molecule has 8 heteroatoms. The van der Waals surface area contributed by atoms with Crippen LogP contribution in [0.5, 0.6) is 0 Å². The SMILES string of the molecule is Cc1cc(N2CCO[C@H](c3cccc(Nc4ccc(F)cn4)n3)C2)nc(C)n1. The summed E-state index contributed by atoms with van der Waals surface area (Å²) in [5.41, 5.74) is 1.76. The normalized spacial score (nSPS) is 16.8. The van der Waals surface area contributed by atoms with Gasteiger partial charge in [0.1, 0.15) is 35.2 Å². The van der Waals surface area contributed by atoms with Gasteiger partial charge < -0.3 is 15.0 Å². The Morgan fingerprint density at radius 1 is 1.11 bits per heavy atom. The van der Waals surface area contributed by atoms with Crippen LogP contribution < -0.4 is 10.2 Å². The van der Waals surface area contributed by atoms with Crippen LogP contribution in [0.25, 0.3) is 0 Å². The summed E-state index contributed by atoms with van der Waals surface area (Å²) in [7, 11) is 0. The van der Waals surface area contributed by atoms with Gasteiger partial charge in [-0.25, -0.2) is 24.3 Å². The van der Waals surface area contributed by atoms with Crippen LogP contribution >= 0.6 is 0 Å². The number of aryl methyl sites for hydroxylation is 2. The molecule has 3 aromatic heterocycles. The molecule has 1 aliphatic heterocycles. The summed E-state index contributed by atoms with van der Waals surface area (Å²) in [6, 6.07) is 10.6. The zero-order valence-electron chi connectivity index (χ0n) is 15.8. The van der Waals surface area contributed by atoms with Crippen molar-refractivity contribution < 1.29 is 9.13 Å². The summed E-state index contributed by atoms with van der Waals surface area (Å²) < 4.78 is 19.0. The minimum absolute atomic E-state index is 0.174. The van der Waals surface area contributed by atoms with Gasteiger partial charge in [-0.3, -0.25) is 0 Å². The number of rotatable bonds is 4. The number of hydrogen-bond acceptors (Lipinski definition) is 7. The van der Waals surface area contributed by atoms with E-state index in [9.17, 15) is 4.39 Å². The van der Waals surface area contributed by atoms with Crippen molar-refractivity contribution in [2.45, 2.75) is 20.0 Å². The molecule has 3 aromatic rings. The van der Waals surface area contributed by atoms with Crippen molar-refractivity contribution in [1.82, 2.24) is 19.9 Å². The summed E-state index contributed by atoms with van der Waals surface area (Å²) in [4.78, 5) is 19.7. The Bertz CT molecular complexity index is 945. The second-order valence-corrected chi connectivity index (χ2v) is 6.65. The van der Waals surface area contributed by atoms with E-state index in [1.807, 2.05) is 38.1 Å². The summed E-state index contributed by atoms with van der Waals surface area (Å²) in [5.74, 6) is 2.45. The molecule has 1 atom stereocenters. The molecule has 0 aliphatic carbocycles. The van der Waals surface area contributed by atoms with Crippen LogP contribution in [0.4, 0.5) is 21.8 Å². The number of ether oxygens (including phenoxy) is 1. The van der Waals surface area contributed by atoms with Crippen molar-refractivity contribution in [1.29, 1.82) is 0 Å². The lowest BCUT2D eigenvalue weighted by atomic mass is 10.2. The third kappa shape index (κ3) is 4.23. The minimum Gasteiger partial charge on any atom is -0.368 e. The number of nitrogens with one attached hydrogen (secondary N) is 1. The molecule has 7 nitrogen and oxygen atoms in total. The molecule has 4 heterocycles. The quantitative estimate of drug-likeness (QED) is 0.744. The third-order valence-corrected chi connectivity index (χ3v) is 4.43. The van der Waals surface area contributed by atoms with E-state index in [1.54, 1.807) is 6.07 Å². The van der Waals surface area contributed by atoms with E-state index in [4.69, 9.17) is 4.74 Å². The molecule has 1 fully saturated rings. The average molecular weight is 380 g/mol. The average Bonchev–Trinajstić information content (AvgIpc) is 2.69. The van der Waals surface area contributed by atoms with Crippen molar-refractivity contribution in [3.8, 4) is 0 Å². The van der Waals surface area contributed by atoms with Gasteiger partial charge in [-0.05, 0) is 38.1 Å². The standard InChI is InChI=1S/C20H21FN6O/c1-13-10-20(24-14(2)23-13)27-8-9-28-17(12-27)16-4-3-5-19(25-16)26-18-7-6-15(21)11-22-18/h3-7,10-11,17H,8-9,12H2,1-2H3,(H,22,25,26)/t17-/m0/s1. The first-order chi connectivity index (χ1) is 13.6. The van der Waals surface area contributed by atoms with Crippen molar-refractivity contribution >= 4 is 17.5 Å². The van der Waals surface area contributed by atoms with E-state index in [0.717, 1.165) is 29.6 Å². The number of nitrogens with zero attached hydrogens (tertiary/aromatic N) is 5. The van der Waals surface area contributed by atoms with Gasteiger partial charge in [-0.15, -0.1) is 0 Å². The molecule has 144 valence electrons. The molecule has 4 rings (SSSR count). The molecular formula is C20H21FN6O. The molecule has 1 N–H and O–H groups in total. The topological polar surface area (TPSA) is 76.1 Å². The smallest absolute Gasteiger partial charge is 0.141 e. The summed E-state index contributed by atoms with van der Waals surface area (Å²) in [6.45, 7) is 5.88. The molecule has 1 saturated heterocycles. The predicted molar refractivity (Wildman–Crippen MR) is 104 cm³/mol. The Hall–Kier alpha value is -3.13. The highest BCUT2D eigenvalue weighted by molar-refractivity contribution is 5.51. The Balaban J connectivity index is 1.51. The number of morpholine rings is 1. The van der Waals surface area contributed by atoms with Gasteiger partial charge >= 0.3 is 0 Å². The van der Waals surface area contributed by atoms with Crippen LogP contribution in [0.15, 0.2) is 42.6 Å². The Kier molecular flexibility index (Phi) is 5.12. The second kappa shape index (κ2) is 7.85. The van der Waals surface area contributed by atoms with Crippen molar-refractivity contribution in [3.05, 3.63) is 65.6 Å². The lowest BCUT2D eigenvalue weighted by molar-refractivity contribution is 0.0368. The van der Waals surface area contributed by atoms with Gasteiger partial charge in [-0.1, -0.05) is 6.07 Å². The van der Waals surface area contributed by atoms with Crippen molar-refractivity contribution in [2.24, 2.45) is 0 Å². The fraction of sp³-hybridized carbons (Fsp3) is 0.300. The molecule has 0 aromatic carbocycles. The molecule has 0 unspecified atom stereocenters. The number of anilines is 3. The van der Waals surface area contributed by atoms with Crippen LogP contribution in [-0.4, -0.2) is 39.6 Å². The maximum atomic E-state index is 13.0. The summed E-state index contributed by atoms with van der Waals surface area (Å²) >= 11 is 0. The molecule has 0 amide bonds. The number of pyridine rings is 2. The fourth-order valence-corrected chi connectivity index (χ4v) is 3.18. The second-order valence-electron chi connectivity index (χ2n) is 6.65. The van der Waals surface area contributed by atoms with Crippen molar-refractivity contribution in [3.63, 3.8) is 0 Å². The lowest BCUT2D eigenvalue weighted by Crippen LogP contribution is -2.39. The van der Waals surface area contributed by atoms with Crippen LogP contribution in [0.2, 0.25) is 0 Å². The molecule has 28 heavy (non-hydrogen) atoms. The van der Waals surface area contributed by atoms with E-state index in [-0.39, 0.29) is 11.9 Å². The van der Waals surface area contributed by atoms with Gasteiger partial charge in [0.15, 0.2) is 0 Å². The zero-order valence-corrected chi connectivity index (χ0v) is 15.8. The molecule has 0 spiro atoms. The molecule has 1 aliphatic rings. The lowest BCUT2D eigenvalue weighted by Gasteiger charge is -2.33.